The molecular weight excluding hydrogens is 252 g/mol. The highest BCUT2D eigenvalue weighted by Crippen LogP contribution is 2.21. The molecule has 1 aromatic rings. The van der Waals surface area contributed by atoms with E-state index in [9.17, 15) is 5.11 Å². The molecule has 20 heavy (non-hydrogen) atoms. The predicted molar refractivity (Wildman–Crippen MR) is 82.8 cm³/mol. The van der Waals surface area contributed by atoms with Crippen LogP contribution < -0.4 is 5.73 Å². The van der Waals surface area contributed by atoms with E-state index in [4.69, 9.17) is 5.73 Å². The Labute approximate surface area is 121 Å². The van der Waals surface area contributed by atoms with E-state index in [2.05, 4.69) is 28.8 Å². The summed E-state index contributed by atoms with van der Waals surface area (Å²) < 4.78 is 0. The van der Waals surface area contributed by atoms with Crippen molar-refractivity contribution < 1.29 is 5.11 Å². The van der Waals surface area contributed by atoms with E-state index in [0.717, 1.165) is 45.8 Å². The number of rotatable bonds is 5. The first-order valence-corrected chi connectivity index (χ1v) is 7.21. The van der Waals surface area contributed by atoms with Gasteiger partial charge < -0.3 is 15.7 Å². The molecule has 1 heterocycles. The number of hydrogen-bond donors (Lipinski definition) is 2. The highest BCUT2D eigenvalue weighted by molar-refractivity contribution is 5.53. The average Bonchev–Trinajstić information content (AvgIpc) is 2.42. The molecule has 1 aromatic carbocycles. The van der Waals surface area contributed by atoms with Crippen molar-refractivity contribution in [2.45, 2.75) is 6.54 Å². The first-order valence-electron chi connectivity index (χ1n) is 7.21. The molecule has 1 aliphatic rings. The maximum atomic E-state index is 9.44. The Kier molecular flexibility index (Phi) is 5.23. The molecule has 0 saturated carbocycles. The Balaban J connectivity index is 1.77. The summed E-state index contributed by atoms with van der Waals surface area (Å²) in [4.78, 5) is 7.19. The molecule has 0 radical (unpaired) electrons. The number of anilines is 1. The monoisotopic (exact) mass is 278 g/mol. The fraction of sp³-hybridized carbons (Fsp3) is 0.600. The molecule has 112 valence electrons. The van der Waals surface area contributed by atoms with Gasteiger partial charge in [-0.2, -0.15) is 0 Å². The molecular formula is C15H26N4O. The van der Waals surface area contributed by atoms with Crippen molar-refractivity contribution in [2.24, 2.45) is 0 Å². The molecule has 1 fully saturated rings. The summed E-state index contributed by atoms with van der Waals surface area (Å²) in [6.07, 6.45) is 0. The molecule has 3 N–H and O–H groups in total. The summed E-state index contributed by atoms with van der Waals surface area (Å²) in [7, 11) is 4.23. The van der Waals surface area contributed by atoms with Crippen LogP contribution in [0, 0.1) is 0 Å². The highest BCUT2D eigenvalue weighted by atomic mass is 16.3. The van der Waals surface area contributed by atoms with E-state index in [1.807, 2.05) is 12.1 Å². The number of phenols is 1. The van der Waals surface area contributed by atoms with E-state index < -0.39 is 0 Å². The van der Waals surface area contributed by atoms with Gasteiger partial charge in [-0.15, -0.1) is 0 Å². The molecule has 1 saturated heterocycles. The minimum atomic E-state index is 0.169. The molecule has 0 unspecified atom stereocenters. The van der Waals surface area contributed by atoms with Crippen LogP contribution in [0.2, 0.25) is 0 Å². The zero-order chi connectivity index (χ0) is 14.5. The molecule has 0 bridgehead atoms. The van der Waals surface area contributed by atoms with E-state index in [1.54, 1.807) is 6.07 Å². The van der Waals surface area contributed by atoms with Crippen LogP contribution in [0.1, 0.15) is 5.56 Å². The van der Waals surface area contributed by atoms with Gasteiger partial charge in [-0.3, -0.25) is 9.80 Å². The lowest BCUT2D eigenvalue weighted by Gasteiger charge is -2.35. The molecule has 1 aliphatic heterocycles. The van der Waals surface area contributed by atoms with Crippen LogP contribution in [0.5, 0.6) is 5.75 Å². The maximum absolute atomic E-state index is 9.44. The third kappa shape index (κ3) is 4.37. The molecule has 2 rings (SSSR count). The van der Waals surface area contributed by atoms with Crippen molar-refractivity contribution in [2.75, 3.05) is 59.1 Å². The number of phenolic OH excluding ortho intramolecular Hbond substituents is 1. The summed E-state index contributed by atoms with van der Waals surface area (Å²) in [5.74, 6) is 0.169. The van der Waals surface area contributed by atoms with Crippen molar-refractivity contribution in [3.8, 4) is 5.75 Å². The summed E-state index contributed by atoms with van der Waals surface area (Å²) >= 11 is 0. The molecule has 0 aliphatic carbocycles. The standard InChI is InChI=1S/C15H26N4O/c1-17(2)5-6-18-7-9-19(10-8-18)12-13-3-4-15(20)14(16)11-13/h3-4,11,20H,5-10,12,16H2,1-2H3. The van der Waals surface area contributed by atoms with Crippen molar-refractivity contribution in [1.82, 2.24) is 14.7 Å². The van der Waals surface area contributed by atoms with Gasteiger partial charge in [0.1, 0.15) is 5.75 Å². The quantitative estimate of drug-likeness (QED) is 0.612. The van der Waals surface area contributed by atoms with Crippen LogP contribution in [0.15, 0.2) is 18.2 Å². The SMILES string of the molecule is CN(C)CCN1CCN(Cc2ccc(O)c(N)c2)CC1. The maximum Gasteiger partial charge on any atom is 0.138 e. The van der Waals surface area contributed by atoms with Crippen LogP contribution >= 0.6 is 0 Å². The van der Waals surface area contributed by atoms with E-state index in [0.29, 0.717) is 5.69 Å². The number of aromatic hydroxyl groups is 1. The Morgan fingerprint density at radius 2 is 1.80 bits per heavy atom. The van der Waals surface area contributed by atoms with Gasteiger partial charge in [0.25, 0.3) is 0 Å². The summed E-state index contributed by atoms with van der Waals surface area (Å²) in [5.41, 5.74) is 7.37. The highest BCUT2D eigenvalue weighted by Gasteiger charge is 2.16. The summed E-state index contributed by atoms with van der Waals surface area (Å²) in [6, 6.07) is 5.50. The number of benzene rings is 1. The fourth-order valence-corrected chi connectivity index (χ4v) is 2.47. The Hall–Kier alpha value is -1.30. The van der Waals surface area contributed by atoms with Gasteiger partial charge in [-0.25, -0.2) is 0 Å². The van der Waals surface area contributed by atoms with E-state index in [1.165, 1.54) is 5.56 Å². The van der Waals surface area contributed by atoms with Gasteiger partial charge in [0.15, 0.2) is 0 Å². The molecule has 5 nitrogen and oxygen atoms in total. The van der Waals surface area contributed by atoms with Gasteiger partial charge in [0.2, 0.25) is 0 Å². The molecule has 5 heteroatoms. The number of nitrogen functional groups attached to an aromatic ring is 1. The molecule has 0 atom stereocenters. The van der Waals surface area contributed by atoms with Crippen molar-refractivity contribution in [3.63, 3.8) is 0 Å². The van der Waals surface area contributed by atoms with Crippen LogP contribution in [-0.4, -0.2) is 73.2 Å². The minimum Gasteiger partial charge on any atom is -0.506 e. The Morgan fingerprint density at radius 1 is 1.15 bits per heavy atom. The molecule has 0 aromatic heterocycles. The Bertz CT molecular complexity index is 428. The first kappa shape index (κ1) is 15.1. The number of nitrogens with zero attached hydrogens (tertiary/aromatic N) is 3. The lowest BCUT2D eigenvalue weighted by molar-refractivity contribution is 0.120. The second-order valence-electron chi connectivity index (χ2n) is 5.81. The normalized spacial score (nSPS) is 17.8. The zero-order valence-electron chi connectivity index (χ0n) is 12.5. The lowest BCUT2D eigenvalue weighted by atomic mass is 10.1. The zero-order valence-corrected chi connectivity index (χ0v) is 12.5. The second kappa shape index (κ2) is 6.92. The van der Waals surface area contributed by atoms with E-state index in [-0.39, 0.29) is 5.75 Å². The van der Waals surface area contributed by atoms with Gasteiger partial charge >= 0.3 is 0 Å². The van der Waals surface area contributed by atoms with Crippen molar-refractivity contribution in [1.29, 1.82) is 0 Å². The Morgan fingerprint density at radius 3 is 2.40 bits per heavy atom. The second-order valence-corrected chi connectivity index (χ2v) is 5.81. The van der Waals surface area contributed by atoms with Crippen LogP contribution in [-0.2, 0) is 6.54 Å². The summed E-state index contributed by atoms with van der Waals surface area (Å²) in [5, 5.41) is 9.44. The largest absolute Gasteiger partial charge is 0.506 e. The predicted octanol–water partition coefficient (Wildman–Crippen LogP) is 0.654. The van der Waals surface area contributed by atoms with Crippen molar-refractivity contribution in [3.05, 3.63) is 23.8 Å². The number of nitrogens with two attached hydrogens (primary N) is 1. The topological polar surface area (TPSA) is 56.0 Å². The smallest absolute Gasteiger partial charge is 0.138 e. The fourth-order valence-electron chi connectivity index (χ4n) is 2.47. The van der Waals surface area contributed by atoms with Gasteiger partial charge in [0.05, 0.1) is 5.69 Å². The van der Waals surface area contributed by atoms with Crippen molar-refractivity contribution >= 4 is 5.69 Å². The van der Waals surface area contributed by atoms with Crippen LogP contribution in [0.3, 0.4) is 0 Å². The molecule has 0 amide bonds. The van der Waals surface area contributed by atoms with Gasteiger partial charge in [-0.05, 0) is 31.8 Å². The third-order valence-corrected chi connectivity index (χ3v) is 3.83. The van der Waals surface area contributed by atoms with E-state index >= 15 is 0 Å². The average molecular weight is 278 g/mol. The number of hydrogen-bond acceptors (Lipinski definition) is 5. The third-order valence-electron chi connectivity index (χ3n) is 3.83. The van der Waals surface area contributed by atoms with Gasteiger partial charge in [-0.1, -0.05) is 6.07 Å². The number of likely N-dealkylation sites (N-methyl/N-ethyl adjacent to an activating group) is 1. The van der Waals surface area contributed by atoms with Gasteiger partial charge in [0, 0.05) is 45.8 Å². The van der Waals surface area contributed by atoms with Crippen LogP contribution in [0.4, 0.5) is 5.69 Å². The summed E-state index contributed by atoms with van der Waals surface area (Å²) in [6.45, 7) is 7.61. The minimum absolute atomic E-state index is 0.169. The number of piperazine rings is 1. The molecule has 0 spiro atoms. The lowest BCUT2D eigenvalue weighted by Crippen LogP contribution is -2.47. The van der Waals surface area contributed by atoms with Crippen LogP contribution in [0.25, 0.3) is 0 Å². The first-order chi connectivity index (χ1) is 9.54.